The van der Waals surface area contributed by atoms with E-state index in [1.54, 1.807) is 17.9 Å². The fraction of sp³-hybridized carbons (Fsp3) is 0.375. The van der Waals surface area contributed by atoms with Crippen LogP contribution in [0.5, 0.6) is 0 Å². The van der Waals surface area contributed by atoms with E-state index in [9.17, 15) is 13.6 Å². The van der Waals surface area contributed by atoms with Crippen LogP contribution in [0.15, 0.2) is 28.8 Å². The first-order chi connectivity index (χ1) is 11.0. The second-order valence-electron chi connectivity index (χ2n) is 5.43. The van der Waals surface area contributed by atoms with Crippen LogP contribution >= 0.6 is 11.8 Å². The molecule has 0 spiro atoms. The van der Waals surface area contributed by atoms with Crippen LogP contribution in [0.4, 0.5) is 8.78 Å². The van der Waals surface area contributed by atoms with E-state index in [0.29, 0.717) is 36.6 Å². The smallest absolute Gasteiger partial charge is 0.276 e. The summed E-state index contributed by atoms with van der Waals surface area (Å²) in [4.78, 5) is 14.1. The first-order valence-electron chi connectivity index (χ1n) is 7.34. The van der Waals surface area contributed by atoms with Crippen molar-refractivity contribution >= 4 is 17.7 Å². The molecular formula is C16H16F2N2O2S. The third kappa shape index (κ3) is 3.55. The summed E-state index contributed by atoms with van der Waals surface area (Å²) >= 11 is 1.54. The molecule has 1 aromatic heterocycles. The lowest BCUT2D eigenvalue weighted by molar-refractivity contribution is 0.0756. The number of hydrogen-bond acceptors (Lipinski definition) is 4. The molecule has 4 nitrogen and oxygen atoms in total. The Morgan fingerprint density at radius 1 is 1.35 bits per heavy atom. The van der Waals surface area contributed by atoms with Crippen LogP contribution in [0, 0.1) is 18.6 Å². The zero-order valence-corrected chi connectivity index (χ0v) is 13.4. The predicted molar refractivity (Wildman–Crippen MR) is 83.3 cm³/mol. The number of carbonyl (C=O) groups is 1. The summed E-state index contributed by atoms with van der Waals surface area (Å²) < 4.78 is 32.2. The van der Waals surface area contributed by atoms with Crippen molar-refractivity contribution in [3.05, 3.63) is 52.9 Å². The third-order valence-corrected chi connectivity index (χ3v) is 5.09. The molecule has 1 aromatic carbocycles. The van der Waals surface area contributed by atoms with Crippen molar-refractivity contribution in [1.82, 2.24) is 10.1 Å². The highest BCUT2D eigenvalue weighted by Gasteiger charge is 2.26. The lowest BCUT2D eigenvalue weighted by Gasteiger charge is -2.19. The maximum absolute atomic E-state index is 13.9. The van der Waals surface area contributed by atoms with E-state index in [4.69, 9.17) is 4.52 Å². The van der Waals surface area contributed by atoms with E-state index >= 15 is 0 Å². The first-order valence-corrected chi connectivity index (χ1v) is 8.38. The van der Waals surface area contributed by atoms with E-state index in [2.05, 4.69) is 5.16 Å². The lowest BCUT2D eigenvalue weighted by atomic mass is 10.1. The molecule has 7 heteroatoms. The van der Waals surface area contributed by atoms with E-state index in [1.807, 2.05) is 0 Å². The summed E-state index contributed by atoms with van der Waals surface area (Å²) in [5.41, 5.74) is 0.643. The number of halogens is 2. The summed E-state index contributed by atoms with van der Waals surface area (Å²) in [6.45, 7) is 2.74. The summed E-state index contributed by atoms with van der Waals surface area (Å²) in [6.07, 6.45) is 0.563. The zero-order valence-electron chi connectivity index (χ0n) is 12.6. The maximum Gasteiger partial charge on any atom is 0.276 e. The van der Waals surface area contributed by atoms with Crippen molar-refractivity contribution in [2.24, 2.45) is 0 Å². The number of amides is 1. The van der Waals surface area contributed by atoms with Gasteiger partial charge in [-0.1, -0.05) is 5.16 Å². The molecule has 122 valence electrons. The van der Waals surface area contributed by atoms with Crippen molar-refractivity contribution in [2.75, 3.05) is 18.8 Å². The normalized spacial score (nSPS) is 18.7. The second kappa shape index (κ2) is 6.70. The van der Waals surface area contributed by atoms with E-state index in [1.165, 1.54) is 17.8 Å². The van der Waals surface area contributed by atoms with Gasteiger partial charge in [-0.05, 0) is 31.5 Å². The molecule has 0 bridgehead atoms. The molecule has 1 amide bonds. The van der Waals surface area contributed by atoms with E-state index in [0.717, 1.165) is 12.1 Å². The average Bonchev–Trinajstić information content (AvgIpc) is 2.82. The van der Waals surface area contributed by atoms with Crippen LogP contribution < -0.4 is 0 Å². The Labute approximate surface area is 136 Å². The number of carbonyl (C=O) groups excluding carboxylic acids is 1. The van der Waals surface area contributed by atoms with Crippen molar-refractivity contribution in [2.45, 2.75) is 18.6 Å². The van der Waals surface area contributed by atoms with Gasteiger partial charge in [0.1, 0.15) is 17.4 Å². The fourth-order valence-corrected chi connectivity index (χ4v) is 3.85. The van der Waals surface area contributed by atoms with Crippen LogP contribution in [-0.2, 0) is 0 Å². The van der Waals surface area contributed by atoms with Crippen LogP contribution in [0.1, 0.15) is 33.5 Å². The number of rotatable bonds is 2. The first kappa shape index (κ1) is 16.0. The fourth-order valence-electron chi connectivity index (χ4n) is 2.61. The largest absolute Gasteiger partial charge is 0.361 e. The minimum Gasteiger partial charge on any atom is -0.361 e. The van der Waals surface area contributed by atoms with Crippen molar-refractivity contribution in [3.8, 4) is 0 Å². The van der Waals surface area contributed by atoms with Gasteiger partial charge in [0.25, 0.3) is 5.91 Å². The topological polar surface area (TPSA) is 46.3 Å². The number of nitrogens with zero attached hydrogens (tertiary/aromatic N) is 2. The Kier molecular flexibility index (Phi) is 4.66. The highest BCUT2D eigenvalue weighted by molar-refractivity contribution is 7.99. The lowest BCUT2D eigenvalue weighted by Crippen LogP contribution is -2.33. The highest BCUT2D eigenvalue weighted by atomic mass is 32.2. The van der Waals surface area contributed by atoms with Crippen LogP contribution in [0.25, 0.3) is 0 Å². The Balaban J connectivity index is 1.72. The summed E-state index contributed by atoms with van der Waals surface area (Å²) in [6, 6.07) is 5.11. The van der Waals surface area contributed by atoms with Crippen molar-refractivity contribution < 1.29 is 18.1 Å². The molecule has 1 aliphatic heterocycles. The van der Waals surface area contributed by atoms with Crippen LogP contribution in [-0.4, -0.2) is 34.8 Å². The predicted octanol–water partition coefficient (Wildman–Crippen LogP) is 3.58. The molecule has 1 atom stereocenters. The molecule has 0 N–H and O–H groups in total. The molecule has 1 fully saturated rings. The molecule has 1 unspecified atom stereocenters. The minimum atomic E-state index is -0.447. The summed E-state index contributed by atoms with van der Waals surface area (Å²) in [5, 5.41) is 3.58. The van der Waals surface area contributed by atoms with Crippen molar-refractivity contribution in [1.29, 1.82) is 0 Å². The number of aromatic nitrogens is 1. The zero-order chi connectivity index (χ0) is 16.4. The van der Waals surface area contributed by atoms with E-state index in [-0.39, 0.29) is 16.9 Å². The Morgan fingerprint density at radius 3 is 2.91 bits per heavy atom. The van der Waals surface area contributed by atoms with Gasteiger partial charge in [0.2, 0.25) is 0 Å². The van der Waals surface area contributed by atoms with Gasteiger partial charge in [-0.15, -0.1) is 0 Å². The van der Waals surface area contributed by atoms with E-state index < -0.39 is 11.6 Å². The molecule has 2 aromatic rings. The third-order valence-electron chi connectivity index (χ3n) is 3.78. The number of aryl methyl sites for hydroxylation is 1. The molecule has 0 radical (unpaired) electrons. The number of hydrogen-bond donors (Lipinski definition) is 0. The highest BCUT2D eigenvalue weighted by Crippen LogP contribution is 2.36. The van der Waals surface area contributed by atoms with Gasteiger partial charge >= 0.3 is 0 Å². The second-order valence-corrected chi connectivity index (χ2v) is 6.74. The number of thioether (sulfide) groups is 1. The minimum absolute atomic E-state index is 0.164. The average molecular weight is 338 g/mol. The quantitative estimate of drug-likeness (QED) is 0.840. The molecule has 0 saturated carbocycles. The van der Waals surface area contributed by atoms with Gasteiger partial charge in [0.15, 0.2) is 5.69 Å². The maximum atomic E-state index is 13.9. The summed E-state index contributed by atoms with van der Waals surface area (Å²) in [5.74, 6) is 0.191. The Hall–Kier alpha value is -1.89. The Morgan fingerprint density at radius 2 is 2.17 bits per heavy atom. The van der Waals surface area contributed by atoms with Gasteiger partial charge in [-0.25, -0.2) is 8.78 Å². The SMILES string of the molecule is Cc1cc(C(=O)N2CCSC(c3cc(F)ccc3F)CC2)no1. The molecular weight excluding hydrogens is 322 g/mol. The van der Waals surface area contributed by atoms with Gasteiger partial charge in [-0.3, -0.25) is 4.79 Å². The number of benzene rings is 1. The molecule has 1 aliphatic rings. The molecule has 2 heterocycles. The Bertz CT molecular complexity index is 720. The van der Waals surface area contributed by atoms with Crippen molar-refractivity contribution in [3.63, 3.8) is 0 Å². The molecule has 3 rings (SSSR count). The van der Waals surface area contributed by atoms with Gasteiger partial charge in [-0.2, -0.15) is 11.8 Å². The van der Waals surface area contributed by atoms with Gasteiger partial charge in [0, 0.05) is 35.7 Å². The molecule has 1 saturated heterocycles. The standard InChI is InChI=1S/C16H16F2N2O2S/c1-10-8-14(19-22-10)16(21)20-5-4-15(23-7-6-20)12-9-11(17)2-3-13(12)18/h2-3,8-9,15H,4-7H2,1H3. The van der Waals surface area contributed by atoms with Crippen LogP contribution in [0.2, 0.25) is 0 Å². The monoisotopic (exact) mass is 338 g/mol. The van der Waals surface area contributed by atoms with Gasteiger partial charge in [0.05, 0.1) is 0 Å². The van der Waals surface area contributed by atoms with Gasteiger partial charge < -0.3 is 9.42 Å². The molecule has 0 aliphatic carbocycles. The summed E-state index contributed by atoms with van der Waals surface area (Å²) in [7, 11) is 0. The van der Waals surface area contributed by atoms with Crippen LogP contribution in [0.3, 0.4) is 0 Å². The molecule has 23 heavy (non-hydrogen) atoms.